The number of nitrogens with zero attached hydrogens (tertiary/aromatic N) is 1. The normalized spacial score (nSPS) is 15.7. The zero-order chi connectivity index (χ0) is 18.9. The smallest absolute Gasteiger partial charge is 0.255 e. The molecule has 1 aliphatic heterocycles. The molecule has 138 valence electrons. The Balaban J connectivity index is 1.90. The van der Waals surface area contributed by atoms with Gasteiger partial charge in [0.25, 0.3) is 5.91 Å². The number of hydrogen-bond donors (Lipinski definition) is 1. The molecule has 2 aromatic rings. The number of sulfonamides is 1. The van der Waals surface area contributed by atoms with Crippen LogP contribution in [-0.4, -0.2) is 33.7 Å². The Bertz CT molecular complexity index is 963. The van der Waals surface area contributed by atoms with Gasteiger partial charge in [0.1, 0.15) is 5.75 Å². The second-order valence-corrected chi connectivity index (χ2v) is 7.72. The van der Waals surface area contributed by atoms with E-state index in [4.69, 9.17) is 4.74 Å². The van der Waals surface area contributed by atoms with Gasteiger partial charge in [0.05, 0.1) is 18.6 Å². The predicted octanol–water partition coefficient (Wildman–Crippen LogP) is 2.77. The van der Waals surface area contributed by atoms with E-state index in [1.165, 1.54) is 29.6 Å². The van der Waals surface area contributed by atoms with Gasteiger partial charge in [-0.2, -0.15) is 0 Å². The highest BCUT2D eigenvalue weighted by Gasteiger charge is 2.30. The summed E-state index contributed by atoms with van der Waals surface area (Å²) >= 11 is 0. The summed E-state index contributed by atoms with van der Waals surface area (Å²) in [5.41, 5.74) is 0.556. The predicted molar refractivity (Wildman–Crippen MR) is 93.1 cm³/mol. The average Bonchev–Trinajstić information content (AvgIpc) is 2.96. The lowest BCUT2D eigenvalue weighted by Crippen LogP contribution is -2.25. The lowest BCUT2D eigenvalue weighted by Gasteiger charge is -2.20. The topological polar surface area (TPSA) is 75.7 Å². The van der Waals surface area contributed by atoms with Gasteiger partial charge in [0, 0.05) is 17.8 Å². The summed E-state index contributed by atoms with van der Waals surface area (Å²) in [6, 6.07) is 7.34. The number of carbonyl (C=O) groups excluding carboxylic acids is 1. The maximum absolute atomic E-state index is 13.3. The van der Waals surface area contributed by atoms with Crippen LogP contribution in [0.1, 0.15) is 16.8 Å². The molecular formula is C17H16F2N2O4S. The number of rotatable bonds is 4. The lowest BCUT2D eigenvalue weighted by atomic mass is 10.2. The second kappa shape index (κ2) is 6.91. The Morgan fingerprint density at radius 2 is 1.92 bits per heavy atom. The molecule has 0 atom stereocenters. The van der Waals surface area contributed by atoms with Gasteiger partial charge in [-0.3, -0.25) is 9.10 Å². The van der Waals surface area contributed by atoms with Gasteiger partial charge in [-0.05, 0) is 42.8 Å². The first-order valence-electron chi connectivity index (χ1n) is 7.76. The SMILES string of the molecule is COc1ccc(NC(=O)c2ccc(F)c(F)c2)cc1N1CCCS1(=O)=O. The van der Waals surface area contributed by atoms with Crippen molar-refractivity contribution in [2.75, 3.05) is 29.0 Å². The fraction of sp³-hybridized carbons (Fsp3) is 0.235. The zero-order valence-electron chi connectivity index (χ0n) is 13.8. The molecule has 2 aromatic carbocycles. The molecule has 1 fully saturated rings. The van der Waals surface area contributed by atoms with Crippen molar-refractivity contribution in [3.63, 3.8) is 0 Å². The molecule has 0 aromatic heterocycles. The first-order chi connectivity index (χ1) is 12.3. The first-order valence-corrected chi connectivity index (χ1v) is 9.37. The monoisotopic (exact) mass is 382 g/mol. The third-order valence-electron chi connectivity index (χ3n) is 3.99. The number of amides is 1. The standard InChI is InChI=1S/C17H16F2N2O4S/c1-25-16-6-4-12(10-15(16)21-7-2-8-26(21,23)24)20-17(22)11-3-5-13(18)14(19)9-11/h3-6,9-10H,2,7-8H2,1H3,(H,20,22). The highest BCUT2D eigenvalue weighted by Crippen LogP contribution is 2.35. The molecule has 1 heterocycles. The molecule has 0 bridgehead atoms. The molecule has 9 heteroatoms. The summed E-state index contributed by atoms with van der Waals surface area (Å²) < 4.78 is 57.0. The van der Waals surface area contributed by atoms with E-state index in [1.54, 1.807) is 0 Å². The van der Waals surface area contributed by atoms with Crippen molar-refractivity contribution in [2.45, 2.75) is 6.42 Å². The van der Waals surface area contributed by atoms with Crippen LogP contribution in [0.5, 0.6) is 5.75 Å². The van der Waals surface area contributed by atoms with E-state index < -0.39 is 27.6 Å². The molecule has 0 spiro atoms. The molecular weight excluding hydrogens is 366 g/mol. The Kier molecular flexibility index (Phi) is 4.82. The minimum Gasteiger partial charge on any atom is -0.495 e. The summed E-state index contributed by atoms with van der Waals surface area (Å²) in [5, 5.41) is 2.54. The number of anilines is 2. The van der Waals surface area contributed by atoms with Crippen LogP contribution >= 0.6 is 0 Å². The van der Waals surface area contributed by atoms with Crippen LogP contribution in [0, 0.1) is 11.6 Å². The zero-order valence-corrected chi connectivity index (χ0v) is 14.6. The van der Waals surface area contributed by atoms with E-state index in [-0.39, 0.29) is 11.3 Å². The maximum atomic E-state index is 13.3. The van der Waals surface area contributed by atoms with Crippen LogP contribution in [0.4, 0.5) is 20.2 Å². The van der Waals surface area contributed by atoms with Crippen molar-refractivity contribution in [2.24, 2.45) is 0 Å². The van der Waals surface area contributed by atoms with Gasteiger partial charge in [-0.1, -0.05) is 0 Å². The number of halogens is 2. The van der Waals surface area contributed by atoms with Crippen molar-refractivity contribution < 1.29 is 26.7 Å². The summed E-state index contributed by atoms with van der Waals surface area (Å²) in [6.45, 7) is 0.319. The Morgan fingerprint density at radius 1 is 1.15 bits per heavy atom. The van der Waals surface area contributed by atoms with Crippen molar-refractivity contribution >= 4 is 27.3 Å². The maximum Gasteiger partial charge on any atom is 0.255 e. The fourth-order valence-electron chi connectivity index (χ4n) is 2.71. The minimum atomic E-state index is -3.43. The number of benzene rings is 2. The Morgan fingerprint density at radius 3 is 2.54 bits per heavy atom. The van der Waals surface area contributed by atoms with Crippen molar-refractivity contribution in [1.29, 1.82) is 0 Å². The number of nitrogens with one attached hydrogen (secondary N) is 1. The molecule has 0 saturated carbocycles. The van der Waals surface area contributed by atoms with E-state index in [0.717, 1.165) is 18.2 Å². The molecule has 0 unspecified atom stereocenters. The summed E-state index contributed by atoms with van der Waals surface area (Å²) in [7, 11) is -2.01. The first kappa shape index (κ1) is 18.1. The molecule has 1 N–H and O–H groups in total. The Hall–Kier alpha value is -2.68. The van der Waals surface area contributed by atoms with E-state index in [0.29, 0.717) is 30.1 Å². The van der Waals surface area contributed by atoms with Crippen LogP contribution in [-0.2, 0) is 10.0 Å². The molecule has 0 radical (unpaired) electrons. The average molecular weight is 382 g/mol. The van der Waals surface area contributed by atoms with Crippen molar-refractivity contribution in [3.05, 3.63) is 53.6 Å². The minimum absolute atomic E-state index is 0.0433. The summed E-state index contributed by atoms with van der Waals surface area (Å²) in [6.07, 6.45) is 0.497. The number of ether oxygens (including phenoxy) is 1. The van der Waals surface area contributed by atoms with Crippen LogP contribution in [0.2, 0.25) is 0 Å². The van der Waals surface area contributed by atoms with Crippen LogP contribution in [0.15, 0.2) is 36.4 Å². The molecule has 1 aliphatic rings. The fourth-order valence-corrected chi connectivity index (χ4v) is 4.28. The molecule has 26 heavy (non-hydrogen) atoms. The van der Waals surface area contributed by atoms with Crippen molar-refractivity contribution in [3.8, 4) is 5.75 Å². The molecule has 6 nitrogen and oxygen atoms in total. The van der Waals surface area contributed by atoms with Crippen molar-refractivity contribution in [1.82, 2.24) is 0 Å². The van der Waals surface area contributed by atoms with Crippen LogP contribution in [0.25, 0.3) is 0 Å². The summed E-state index contributed by atoms with van der Waals surface area (Å²) in [4.78, 5) is 12.2. The molecule has 1 saturated heterocycles. The van der Waals surface area contributed by atoms with Gasteiger partial charge < -0.3 is 10.1 Å². The van der Waals surface area contributed by atoms with Crippen LogP contribution in [0.3, 0.4) is 0 Å². The van der Waals surface area contributed by atoms with Gasteiger partial charge in [-0.15, -0.1) is 0 Å². The number of methoxy groups -OCH3 is 1. The van der Waals surface area contributed by atoms with Gasteiger partial charge >= 0.3 is 0 Å². The van der Waals surface area contributed by atoms with E-state index in [9.17, 15) is 22.0 Å². The van der Waals surface area contributed by atoms with Gasteiger partial charge in [-0.25, -0.2) is 17.2 Å². The number of carbonyl (C=O) groups is 1. The third kappa shape index (κ3) is 3.48. The third-order valence-corrected chi connectivity index (χ3v) is 5.84. The molecule has 3 rings (SSSR count). The van der Waals surface area contributed by atoms with Crippen LogP contribution < -0.4 is 14.4 Å². The highest BCUT2D eigenvalue weighted by atomic mass is 32.2. The lowest BCUT2D eigenvalue weighted by molar-refractivity contribution is 0.102. The Labute approximate surface area is 149 Å². The van der Waals surface area contributed by atoms with E-state index >= 15 is 0 Å². The van der Waals surface area contributed by atoms with Gasteiger partial charge in [0.15, 0.2) is 11.6 Å². The second-order valence-electron chi connectivity index (χ2n) is 5.71. The quantitative estimate of drug-likeness (QED) is 0.882. The van der Waals surface area contributed by atoms with Gasteiger partial charge in [0.2, 0.25) is 10.0 Å². The molecule has 1 amide bonds. The van der Waals surface area contributed by atoms with E-state index in [2.05, 4.69) is 5.32 Å². The summed E-state index contributed by atoms with van der Waals surface area (Å²) in [5.74, 6) is -2.43. The molecule has 0 aliphatic carbocycles. The number of hydrogen-bond acceptors (Lipinski definition) is 4. The largest absolute Gasteiger partial charge is 0.495 e. The van der Waals surface area contributed by atoms with E-state index in [1.807, 2.05) is 0 Å². The highest BCUT2D eigenvalue weighted by molar-refractivity contribution is 7.93.